The van der Waals surface area contributed by atoms with E-state index in [2.05, 4.69) is 11.8 Å². The molecular formula is C17H21NO4S. The fourth-order valence-electron chi connectivity index (χ4n) is 2.39. The highest BCUT2D eigenvalue weighted by molar-refractivity contribution is 7.15. The van der Waals surface area contributed by atoms with E-state index in [0.717, 1.165) is 24.1 Å². The van der Waals surface area contributed by atoms with Crippen molar-refractivity contribution in [2.75, 3.05) is 25.2 Å². The predicted molar refractivity (Wildman–Crippen MR) is 89.8 cm³/mol. The number of hydrogen-bond donors (Lipinski definition) is 0. The zero-order chi connectivity index (χ0) is 16.8. The lowest BCUT2D eigenvalue weighted by atomic mass is 10.1. The van der Waals surface area contributed by atoms with Crippen LogP contribution in [-0.2, 0) is 14.3 Å². The summed E-state index contributed by atoms with van der Waals surface area (Å²) in [4.78, 5) is 26.5. The molecule has 1 fully saturated rings. The minimum absolute atomic E-state index is 0.0326. The van der Waals surface area contributed by atoms with Gasteiger partial charge in [0.05, 0.1) is 17.7 Å². The second-order valence-electron chi connectivity index (χ2n) is 5.60. The van der Waals surface area contributed by atoms with Crippen LogP contribution in [0, 0.1) is 17.8 Å². The van der Waals surface area contributed by atoms with E-state index in [1.165, 1.54) is 18.4 Å². The molecule has 1 aromatic heterocycles. The Morgan fingerprint density at radius 2 is 2.17 bits per heavy atom. The molecule has 6 heteroatoms. The molecule has 1 saturated heterocycles. The first-order chi connectivity index (χ1) is 11.1. The van der Waals surface area contributed by atoms with Crippen molar-refractivity contribution >= 4 is 29.4 Å². The SMILES string of the molecule is COC(=O)c1sc(C#CC(C)C)cc1N(C=O)C1CCOCC1. The van der Waals surface area contributed by atoms with Crippen molar-refractivity contribution in [3.05, 3.63) is 15.8 Å². The molecule has 23 heavy (non-hydrogen) atoms. The van der Waals surface area contributed by atoms with Crippen LogP contribution in [0.1, 0.15) is 41.2 Å². The quantitative estimate of drug-likeness (QED) is 0.482. The van der Waals surface area contributed by atoms with Gasteiger partial charge in [-0.2, -0.15) is 0 Å². The van der Waals surface area contributed by atoms with Crippen molar-refractivity contribution in [1.82, 2.24) is 0 Å². The second kappa shape index (κ2) is 8.14. The van der Waals surface area contributed by atoms with Crippen molar-refractivity contribution in [3.63, 3.8) is 0 Å². The third-order valence-electron chi connectivity index (χ3n) is 3.54. The molecule has 0 unspecified atom stereocenters. The molecule has 0 aliphatic carbocycles. The van der Waals surface area contributed by atoms with Crippen LogP contribution < -0.4 is 4.90 Å². The van der Waals surface area contributed by atoms with Gasteiger partial charge in [-0.25, -0.2) is 4.79 Å². The number of rotatable bonds is 4. The average molecular weight is 335 g/mol. The topological polar surface area (TPSA) is 55.8 Å². The number of thiophene rings is 1. The summed E-state index contributed by atoms with van der Waals surface area (Å²) in [5, 5.41) is 0. The Balaban J connectivity index is 2.39. The number of ether oxygens (including phenoxy) is 2. The van der Waals surface area contributed by atoms with Crippen LogP contribution in [0.25, 0.3) is 0 Å². The maximum atomic E-state index is 12.1. The maximum Gasteiger partial charge on any atom is 0.350 e. The average Bonchev–Trinajstić information content (AvgIpc) is 2.98. The summed E-state index contributed by atoms with van der Waals surface area (Å²) in [5.41, 5.74) is 0.580. The Hall–Kier alpha value is -1.84. The summed E-state index contributed by atoms with van der Waals surface area (Å²) >= 11 is 1.26. The monoisotopic (exact) mass is 335 g/mol. The summed E-state index contributed by atoms with van der Waals surface area (Å²) in [6.45, 7) is 5.24. The Labute approximate surface area is 140 Å². The van der Waals surface area contributed by atoms with Crippen LogP contribution in [0.4, 0.5) is 5.69 Å². The van der Waals surface area contributed by atoms with Gasteiger partial charge >= 0.3 is 5.97 Å². The standard InChI is InChI=1S/C17H21NO4S/c1-12(2)4-5-14-10-15(16(23-14)17(20)21-3)18(11-19)13-6-8-22-9-7-13/h10-13H,6-9H2,1-3H3. The zero-order valence-corrected chi connectivity index (χ0v) is 14.4. The highest BCUT2D eigenvalue weighted by Gasteiger charge is 2.27. The smallest absolute Gasteiger partial charge is 0.350 e. The van der Waals surface area contributed by atoms with Crippen molar-refractivity contribution in [2.24, 2.45) is 5.92 Å². The van der Waals surface area contributed by atoms with Gasteiger partial charge in [-0.15, -0.1) is 11.3 Å². The predicted octanol–water partition coefficient (Wildman–Crippen LogP) is 2.68. The summed E-state index contributed by atoms with van der Waals surface area (Å²) in [7, 11) is 1.34. The van der Waals surface area contributed by atoms with Gasteiger partial charge in [0.15, 0.2) is 0 Å². The van der Waals surface area contributed by atoms with Gasteiger partial charge in [0.1, 0.15) is 4.88 Å². The van der Waals surface area contributed by atoms with E-state index in [1.54, 1.807) is 11.0 Å². The molecule has 0 spiro atoms. The third kappa shape index (κ3) is 4.34. The van der Waals surface area contributed by atoms with Crippen molar-refractivity contribution in [2.45, 2.75) is 32.7 Å². The number of carbonyl (C=O) groups is 2. The normalized spacial score (nSPS) is 15.0. The van der Waals surface area contributed by atoms with Gasteiger partial charge < -0.3 is 14.4 Å². The first kappa shape index (κ1) is 17.5. The van der Waals surface area contributed by atoms with Crippen LogP contribution >= 0.6 is 11.3 Å². The number of esters is 1. The molecule has 2 rings (SSSR count). The van der Waals surface area contributed by atoms with Crippen LogP contribution in [0.3, 0.4) is 0 Å². The zero-order valence-electron chi connectivity index (χ0n) is 13.6. The molecule has 1 aliphatic rings. The number of methoxy groups -OCH3 is 1. The third-order valence-corrected chi connectivity index (χ3v) is 4.56. The van der Waals surface area contributed by atoms with E-state index >= 15 is 0 Å². The molecular weight excluding hydrogens is 314 g/mol. The molecule has 0 bridgehead atoms. The Bertz CT molecular complexity index is 620. The first-order valence-corrected chi connectivity index (χ1v) is 8.43. The molecule has 1 aromatic rings. The number of amides is 1. The van der Waals surface area contributed by atoms with Gasteiger partial charge in [0, 0.05) is 25.2 Å². The molecule has 5 nitrogen and oxygen atoms in total. The van der Waals surface area contributed by atoms with Gasteiger partial charge in [-0.3, -0.25) is 4.79 Å². The molecule has 0 aromatic carbocycles. The van der Waals surface area contributed by atoms with E-state index in [9.17, 15) is 9.59 Å². The molecule has 0 N–H and O–H groups in total. The van der Waals surface area contributed by atoms with Crippen molar-refractivity contribution in [1.29, 1.82) is 0 Å². The van der Waals surface area contributed by atoms with E-state index in [4.69, 9.17) is 9.47 Å². The van der Waals surface area contributed by atoms with E-state index in [0.29, 0.717) is 23.8 Å². The van der Waals surface area contributed by atoms with Crippen molar-refractivity contribution < 1.29 is 19.1 Å². The highest BCUT2D eigenvalue weighted by atomic mass is 32.1. The van der Waals surface area contributed by atoms with Crippen LogP contribution in [0.2, 0.25) is 0 Å². The fraction of sp³-hybridized carbons (Fsp3) is 0.529. The van der Waals surface area contributed by atoms with Gasteiger partial charge in [-0.1, -0.05) is 25.7 Å². The molecule has 124 valence electrons. The van der Waals surface area contributed by atoms with E-state index < -0.39 is 5.97 Å². The molecule has 1 aliphatic heterocycles. The Kier molecular flexibility index (Phi) is 6.20. The summed E-state index contributed by atoms with van der Waals surface area (Å²) in [6.07, 6.45) is 2.29. The first-order valence-electron chi connectivity index (χ1n) is 7.62. The summed E-state index contributed by atoms with van der Waals surface area (Å²) in [6, 6.07) is 1.83. The van der Waals surface area contributed by atoms with Crippen LogP contribution in [0.5, 0.6) is 0 Å². The molecule has 2 heterocycles. The van der Waals surface area contributed by atoms with Gasteiger partial charge in [0.25, 0.3) is 0 Å². The van der Waals surface area contributed by atoms with Gasteiger partial charge in [0.2, 0.25) is 6.41 Å². The number of nitrogens with zero attached hydrogens (tertiary/aromatic N) is 1. The Morgan fingerprint density at radius 3 is 2.74 bits per heavy atom. The second-order valence-corrected chi connectivity index (χ2v) is 6.65. The molecule has 0 radical (unpaired) electrons. The minimum atomic E-state index is -0.443. The Morgan fingerprint density at radius 1 is 1.48 bits per heavy atom. The van der Waals surface area contributed by atoms with E-state index in [1.807, 2.05) is 13.8 Å². The highest BCUT2D eigenvalue weighted by Crippen LogP contribution is 2.33. The largest absolute Gasteiger partial charge is 0.465 e. The van der Waals surface area contributed by atoms with Crippen LogP contribution in [0.15, 0.2) is 6.07 Å². The minimum Gasteiger partial charge on any atom is -0.465 e. The summed E-state index contributed by atoms with van der Waals surface area (Å²) < 4.78 is 10.2. The van der Waals surface area contributed by atoms with Crippen LogP contribution in [-0.4, -0.2) is 38.7 Å². The molecule has 0 saturated carbocycles. The lowest BCUT2D eigenvalue weighted by Crippen LogP contribution is -2.39. The van der Waals surface area contributed by atoms with Gasteiger partial charge in [-0.05, 0) is 18.9 Å². The number of hydrogen-bond acceptors (Lipinski definition) is 5. The lowest BCUT2D eigenvalue weighted by molar-refractivity contribution is -0.108. The number of carbonyl (C=O) groups excluding carboxylic acids is 2. The molecule has 1 amide bonds. The fourth-order valence-corrected chi connectivity index (χ4v) is 3.33. The number of anilines is 1. The molecule has 0 atom stereocenters. The lowest BCUT2D eigenvalue weighted by Gasteiger charge is -2.31. The summed E-state index contributed by atoms with van der Waals surface area (Å²) in [5.74, 6) is 5.93. The van der Waals surface area contributed by atoms with Crippen molar-refractivity contribution in [3.8, 4) is 11.8 Å². The van der Waals surface area contributed by atoms with E-state index in [-0.39, 0.29) is 12.0 Å². The maximum absolute atomic E-state index is 12.1.